The number of fused-ring (bicyclic) bond motifs is 1. The van der Waals surface area contributed by atoms with Crippen molar-refractivity contribution in [3.05, 3.63) is 90.6 Å². The van der Waals surface area contributed by atoms with Crippen molar-refractivity contribution in [1.82, 2.24) is 9.99 Å². The number of hydrogen-bond donors (Lipinski definition) is 2. The third-order valence-electron chi connectivity index (χ3n) is 4.88. The Hall–Kier alpha value is -4.26. The molecule has 0 spiro atoms. The maximum atomic E-state index is 12.0. The number of hydrazone groups is 1. The van der Waals surface area contributed by atoms with Crippen LogP contribution in [0.5, 0.6) is 11.5 Å². The number of methoxy groups -OCH3 is 1. The summed E-state index contributed by atoms with van der Waals surface area (Å²) in [5.41, 5.74) is 5.17. The van der Waals surface area contributed by atoms with Crippen LogP contribution in [0.3, 0.4) is 0 Å². The predicted molar refractivity (Wildman–Crippen MR) is 127 cm³/mol. The summed E-state index contributed by atoms with van der Waals surface area (Å²) < 4.78 is 13.4. The Balaban J connectivity index is 1.42. The van der Waals surface area contributed by atoms with E-state index < -0.39 is 6.03 Å². The Kier molecular flexibility index (Phi) is 6.67. The quantitative estimate of drug-likeness (QED) is 0.310. The number of aromatic nitrogens is 1. The largest absolute Gasteiger partial charge is 0.493 e. The van der Waals surface area contributed by atoms with Gasteiger partial charge >= 0.3 is 6.03 Å². The number of ether oxygens (including phenoxy) is 2. The first-order valence-corrected chi connectivity index (χ1v) is 10.2. The average Bonchev–Trinajstić information content (AvgIpc) is 3.18. The Morgan fingerprint density at radius 3 is 2.50 bits per heavy atom. The monoisotopic (exact) mass is 428 g/mol. The Labute approximate surface area is 186 Å². The van der Waals surface area contributed by atoms with Crippen LogP contribution in [0, 0.1) is 0 Å². The molecule has 0 aliphatic rings. The van der Waals surface area contributed by atoms with Crippen LogP contribution in [-0.2, 0) is 6.54 Å². The number of nitrogens with zero attached hydrogens (tertiary/aromatic N) is 2. The molecule has 7 heteroatoms. The normalized spacial score (nSPS) is 10.9. The number of para-hydroxylation sites is 4. The SMILES string of the molecule is COc1ccccc1OCCn1cc(C=NNC(=O)Nc2ccccc2)c2ccccc21. The van der Waals surface area contributed by atoms with Gasteiger partial charge in [-0.25, -0.2) is 10.2 Å². The third-order valence-corrected chi connectivity index (χ3v) is 4.88. The second kappa shape index (κ2) is 10.2. The smallest absolute Gasteiger partial charge is 0.339 e. The summed E-state index contributed by atoms with van der Waals surface area (Å²) in [4.78, 5) is 12.0. The number of carbonyl (C=O) groups excluding carboxylic acids is 1. The van der Waals surface area contributed by atoms with Crippen LogP contribution in [0.2, 0.25) is 0 Å². The molecule has 0 bridgehead atoms. The number of urea groups is 1. The molecule has 4 aromatic rings. The van der Waals surface area contributed by atoms with Crippen LogP contribution < -0.4 is 20.2 Å². The van der Waals surface area contributed by atoms with E-state index in [4.69, 9.17) is 9.47 Å². The molecule has 0 aliphatic heterocycles. The highest BCUT2D eigenvalue weighted by atomic mass is 16.5. The van der Waals surface area contributed by atoms with Crippen molar-refractivity contribution in [3.63, 3.8) is 0 Å². The fourth-order valence-electron chi connectivity index (χ4n) is 3.40. The highest BCUT2D eigenvalue weighted by molar-refractivity contribution is 6.00. The van der Waals surface area contributed by atoms with Crippen LogP contribution in [0.25, 0.3) is 10.9 Å². The van der Waals surface area contributed by atoms with Gasteiger partial charge in [-0.2, -0.15) is 5.10 Å². The van der Waals surface area contributed by atoms with Gasteiger partial charge in [0.1, 0.15) is 6.61 Å². The Morgan fingerprint density at radius 2 is 1.69 bits per heavy atom. The zero-order chi connectivity index (χ0) is 22.2. The topological polar surface area (TPSA) is 76.9 Å². The maximum Gasteiger partial charge on any atom is 0.339 e. The van der Waals surface area contributed by atoms with Crippen LogP contribution in [0.1, 0.15) is 5.56 Å². The van der Waals surface area contributed by atoms with Crippen LogP contribution in [0.15, 0.2) is 90.2 Å². The summed E-state index contributed by atoms with van der Waals surface area (Å²) in [6, 6.07) is 24.4. The molecule has 0 aliphatic carbocycles. The van der Waals surface area contributed by atoms with E-state index in [1.807, 2.05) is 85.1 Å². The fourth-order valence-corrected chi connectivity index (χ4v) is 3.40. The molecule has 0 saturated heterocycles. The number of hydrogen-bond acceptors (Lipinski definition) is 4. The molecule has 7 nitrogen and oxygen atoms in total. The summed E-state index contributed by atoms with van der Waals surface area (Å²) in [6.45, 7) is 1.13. The second-order valence-electron chi connectivity index (χ2n) is 6.98. The molecule has 32 heavy (non-hydrogen) atoms. The van der Waals surface area contributed by atoms with E-state index in [-0.39, 0.29) is 0 Å². The molecule has 1 heterocycles. The van der Waals surface area contributed by atoms with Gasteiger partial charge in [0.2, 0.25) is 0 Å². The molecule has 162 valence electrons. The minimum Gasteiger partial charge on any atom is -0.493 e. The predicted octanol–water partition coefficient (Wildman–Crippen LogP) is 4.88. The van der Waals surface area contributed by atoms with Crippen molar-refractivity contribution >= 4 is 28.8 Å². The Bertz CT molecular complexity index is 1220. The van der Waals surface area contributed by atoms with E-state index in [0.29, 0.717) is 30.3 Å². The lowest BCUT2D eigenvalue weighted by Crippen LogP contribution is -2.24. The highest BCUT2D eigenvalue weighted by Crippen LogP contribution is 2.26. The van der Waals surface area contributed by atoms with Crippen LogP contribution >= 0.6 is 0 Å². The number of benzene rings is 3. The first-order chi connectivity index (χ1) is 15.7. The molecule has 3 aromatic carbocycles. The molecule has 2 amide bonds. The van der Waals surface area contributed by atoms with E-state index in [1.165, 1.54) is 0 Å². The summed E-state index contributed by atoms with van der Waals surface area (Å²) in [5.74, 6) is 1.42. The molecule has 1 aromatic heterocycles. The molecular formula is C25H24N4O3. The molecule has 0 unspecified atom stereocenters. The number of anilines is 1. The first kappa shape index (κ1) is 21.0. The van der Waals surface area contributed by atoms with Crippen molar-refractivity contribution in [2.45, 2.75) is 6.54 Å². The lowest BCUT2D eigenvalue weighted by Gasteiger charge is -2.11. The minimum atomic E-state index is -0.401. The second-order valence-corrected chi connectivity index (χ2v) is 6.98. The summed E-state index contributed by atoms with van der Waals surface area (Å²) >= 11 is 0. The van der Waals surface area contributed by atoms with Crippen molar-refractivity contribution in [3.8, 4) is 11.5 Å². The Morgan fingerprint density at radius 1 is 0.969 bits per heavy atom. The van der Waals surface area contributed by atoms with Gasteiger partial charge in [0.25, 0.3) is 0 Å². The van der Waals surface area contributed by atoms with Crippen molar-refractivity contribution in [2.75, 3.05) is 19.0 Å². The van der Waals surface area contributed by atoms with Gasteiger partial charge in [-0.15, -0.1) is 0 Å². The van der Waals surface area contributed by atoms with Crippen LogP contribution in [-0.4, -0.2) is 30.5 Å². The van der Waals surface area contributed by atoms with Gasteiger partial charge in [-0.05, 0) is 30.3 Å². The van der Waals surface area contributed by atoms with Crippen molar-refractivity contribution in [1.29, 1.82) is 0 Å². The van der Waals surface area contributed by atoms with Crippen LogP contribution in [0.4, 0.5) is 10.5 Å². The van der Waals surface area contributed by atoms with E-state index >= 15 is 0 Å². The zero-order valence-corrected chi connectivity index (χ0v) is 17.7. The van der Waals surface area contributed by atoms with Crippen molar-refractivity contribution < 1.29 is 14.3 Å². The molecule has 0 atom stereocenters. The van der Waals surface area contributed by atoms with E-state index in [1.54, 1.807) is 13.3 Å². The standard InChI is InChI=1S/C25H24N4O3/c1-31-23-13-7-8-14-24(23)32-16-15-29-18-19(21-11-5-6-12-22(21)29)17-26-28-25(30)27-20-9-3-2-4-10-20/h2-14,17-18H,15-16H2,1H3,(H2,27,28,30). The maximum absolute atomic E-state index is 12.0. The van der Waals surface area contributed by atoms with E-state index in [0.717, 1.165) is 16.5 Å². The lowest BCUT2D eigenvalue weighted by molar-refractivity contribution is 0.252. The first-order valence-electron chi connectivity index (χ1n) is 10.2. The zero-order valence-electron chi connectivity index (χ0n) is 17.7. The molecule has 0 saturated carbocycles. The highest BCUT2D eigenvalue weighted by Gasteiger charge is 2.08. The molecular weight excluding hydrogens is 404 g/mol. The summed E-state index contributed by atoms with van der Waals surface area (Å²) in [5, 5.41) is 7.87. The third kappa shape index (κ3) is 5.07. The molecule has 0 fully saturated rings. The lowest BCUT2D eigenvalue weighted by atomic mass is 10.2. The fraction of sp³-hybridized carbons (Fsp3) is 0.120. The van der Waals surface area contributed by atoms with Gasteiger partial charge in [0.15, 0.2) is 11.5 Å². The van der Waals surface area contributed by atoms with Gasteiger partial charge in [-0.3, -0.25) is 0 Å². The van der Waals surface area contributed by atoms with E-state index in [2.05, 4.69) is 20.4 Å². The number of amides is 2. The number of carbonyl (C=O) groups is 1. The van der Waals surface area contributed by atoms with Gasteiger partial charge in [0.05, 0.1) is 19.9 Å². The average molecular weight is 428 g/mol. The van der Waals surface area contributed by atoms with Gasteiger partial charge < -0.3 is 19.4 Å². The minimum absolute atomic E-state index is 0.401. The summed E-state index contributed by atoms with van der Waals surface area (Å²) in [6.07, 6.45) is 3.64. The summed E-state index contributed by atoms with van der Waals surface area (Å²) in [7, 11) is 1.63. The van der Waals surface area contributed by atoms with Crippen molar-refractivity contribution in [2.24, 2.45) is 5.10 Å². The molecule has 4 rings (SSSR count). The number of nitrogens with one attached hydrogen (secondary N) is 2. The van der Waals surface area contributed by atoms with Gasteiger partial charge in [-0.1, -0.05) is 48.5 Å². The van der Waals surface area contributed by atoms with E-state index in [9.17, 15) is 4.79 Å². The molecule has 0 radical (unpaired) electrons. The van der Waals surface area contributed by atoms with Gasteiger partial charge in [0, 0.05) is 28.4 Å². The number of rotatable bonds is 8. The molecule has 2 N–H and O–H groups in total.